The van der Waals surface area contributed by atoms with Crippen molar-refractivity contribution in [1.82, 2.24) is 0 Å². The van der Waals surface area contributed by atoms with Gasteiger partial charge in [-0.15, -0.1) is 6.58 Å². The molecule has 0 amide bonds. The van der Waals surface area contributed by atoms with E-state index in [1.54, 1.807) is 0 Å². The van der Waals surface area contributed by atoms with E-state index in [1.165, 1.54) is 32.8 Å². The van der Waals surface area contributed by atoms with E-state index in [9.17, 15) is 4.79 Å². The molecule has 2 heterocycles. The van der Waals surface area contributed by atoms with Crippen LogP contribution in [-0.2, 0) is 24.0 Å². The zero-order chi connectivity index (χ0) is 21.4. The Morgan fingerprint density at radius 1 is 0.900 bits per heavy atom. The lowest BCUT2D eigenvalue weighted by Gasteiger charge is -2.30. The quantitative estimate of drug-likeness (QED) is 0.113. The molecule has 5 nitrogen and oxygen atoms in total. The monoisotopic (exact) mass is 420 g/mol. The van der Waals surface area contributed by atoms with Crippen molar-refractivity contribution < 1.29 is 24.0 Å². The normalized spacial score (nSPS) is 27.1. The maximum absolute atomic E-state index is 11.3. The topological polar surface area (TPSA) is 54.0 Å². The number of carbonyl (C=O) groups excluding carboxylic acids is 1. The summed E-state index contributed by atoms with van der Waals surface area (Å²) in [6, 6.07) is 0. The van der Waals surface area contributed by atoms with Crippen LogP contribution in [0.2, 0.25) is 0 Å². The van der Waals surface area contributed by atoms with Crippen LogP contribution in [0.4, 0.5) is 0 Å². The number of rotatable bonds is 14. The van der Waals surface area contributed by atoms with E-state index in [-0.39, 0.29) is 30.7 Å². The summed E-state index contributed by atoms with van der Waals surface area (Å²) >= 11 is 0. The second-order valence-corrected chi connectivity index (χ2v) is 8.30. The van der Waals surface area contributed by atoms with Crippen molar-refractivity contribution in [2.45, 2.75) is 108 Å². The van der Waals surface area contributed by atoms with Crippen molar-refractivity contribution in [1.29, 1.82) is 0 Å². The first-order valence-electron chi connectivity index (χ1n) is 11.7. The summed E-state index contributed by atoms with van der Waals surface area (Å²) in [5, 5.41) is 0. The van der Waals surface area contributed by atoms with Crippen molar-refractivity contribution in [2.24, 2.45) is 0 Å². The Morgan fingerprint density at radius 2 is 1.63 bits per heavy atom. The molecule has 5 heteroatoms. The Labute approximate surface area is 182 Å². The molecule has 2 aliphatic rings. The Morgan fingerprint density at radius 3 is 2.37 bits per heavy atom. The van der Waals surface area contributed by atoms with Crippen LogP contribution in [0.25, 0.3) is 0 Å². The zero-order valence-electron chi connectivity index (χ0n) is 18.6. The maximum atomic E-state index is 11.3. The first-order chi connectivity index (χ1) is 14.7. The summed E-state index contributed by atoms with van der Waals surface area (Å²) in [6.07, 6.45) is 24.5. The molecule has 30 heavy (non-hydrogen) atoms. The number of hydrogen-bond donors (Lipinski definition) is 0. The zero-order valence-corrected chi connectivity index (χ0v) is 18.6. The number of hydrogen-bond acceptors (Lipinski definition) is 5. The average molecular weight is 421 g/mol. The fraction of sp³-hybridized carbons (Fsp3) is 0.720. The van der Waals surface area contributed by atoms with E-state index >= 15 is 0 Å². The highest BCUT2D eigenvalue weighted by atomic mass is 17.2. The van der Waals surface area contributed by atoms with Crippen molar-refractivity contribution in [3.8, 4) is 0 Å². The molecule has 2 saturated heterocycles. The molecule has 0 radical (unpaired) electrons. The average Bonchev–Trinajstić information content (AvgIpc) is 3.24. The largest absolute Gasteiger partial charge is 0.469 e. The van der Waals surface area contributed by atoms with Gasteiger partial charge in [-0.1, -0.05) is 49.6 Å². The predicted molar refractivity (Wildman–Crippen MR) is 119 cm³/mol. The maximum Gasteiger partial charge on any atom is 0.308 e. The third kappa shape index (κ3) is 10.1. The van der Waals surface area contributed by atoms with Crippen LogP contribution in [0.1, 0.15) is 83.5 Å². The van der Waals surface area contributed by atoms with Gasteiger partial charge in [-0.25, -0.2) is 9.78 Å². The van der Waals surface area contributed by atoms with Crippen LogP contribution in [0, 0.1) is 0 Å². The van der Waals surface area contributed by atoms with E-state index < -0.39 is 0 Å². The minimum Gasteiger partial charge on any atom is -0.469 e. The van der Waals surface area contributed by atoms with Gasteiger partial charge in [0.15, 0.2) is 0 Å². The third-order valence-electron chi connectivity index (χ3n) is 5.83. The van der Waals surface area contributed by atoms with Crippen LogP contribution in [0.15, 0.2) is 37.0 Å². The Kier molecular flexibility index (Phi) is 12.7. The fourth-order valence-corrected chi connectivity index (χ4v) is 4.02. The van der Waals surface area contributed by atoms with Gasteiger partial charge in [0, 0.05) is 0 Å². The van der Waals surface area contributed by atoms with Crippen molar-refractivity contribution >= 4 is 5.97 Å². The predicted octanol–water partition coefficient (Wildman–Crippen LogP) is 6.00. The van der Waals surface area contributed by atoms with Crippen LogP contribution in [0.5, 0.6) is 0 Å². The standard InChI is InChI=1S/C25H40O5/c1-3-4-5-6-7-8-9-10-11-12-13-14-15-21-16-18-23(28-21)24-19-17-22(29-30-24)20-25(26)27-2/h3,6-9,21-24H,1,4-5,10-20H2,2H3/b7-6+,9-8-/t21-,22+,23+,24+/m1/s1. The second kappa shape index (κ2) is 15.4. The fourth-order valence-electron chi connectivity index (χ4n) is 4.02. The molecular weight excluding hydrogens is 380 g/mol. The lowest BCUT2D eigenvalue weighted by molar-refractivity contribution is -0.385. The lowest BCUT2D eigenvalue weighted by Crippen LogP contribution is -2.37. The molecule has 2 rings (SSSR count). The molecule has 0 unspecified atom stereocenters. The number of carbonyl (C=O) groups is 1. The van der Waals surface area contributed by atoms with Gasteiger partial charge >= 0.3 is 5.97 Å². The SMILES string of the molecule is C=CCC/C=C/C=C\CCCCCC[C@@H]1CC[C@@H]([C@@H]2CC[C@@H](CC(=O)OC)OO2)O1. The van der Waals surface area contributed by atoms with Crippen molar-refractivity contribution in [3.05, 3.63) is 37.0 Å². The number of unbranched alkanes of at least 4 members (excludes halogenated alkanes) is 5. The van der Waals surface area contributed by atoms with Gasteiger partial charge in [-0.05, 0) is 57.8 Å². The highest BCUT2D eigenvalue weighted by Crippen LogP contribution is 2.32. The Balaban J connectivity index is 1.46. The van der Waals surface area contributed by atoms with Crippen LogP contribution >= 0.6 is 0 Å². The first kappa shape index (κ1) is 24.8. The molecule has 170 valence electrons. The van der Waals surface area contributed by atoms with E-state index in [0.717, 1.165) is 51.4 Å². The number of allylic oxidation sites excluding steroid dienone is 5. The van der Waals surface area contributed by atoms with Gasteiger partial charge in [-0.2, -0.15) is 0 Å². The molecule has 0 saturated carbocycles. The van der Waals surface area contributed by atoms with Gasteiger partial charge < -0.3 is 9.47 Å². The van der Waals surface area contributed by atoms with Gasteiger partial charge in [0.25, 0.3) is 0 Å². The highest BCUT2D eigenvalue weighted by Gasteiger charge is 2.36. The summed E-state index contributed by atoms with van der Waals surface area (Å²) in [5.74, 6) is -0.258. The van der Waals surface area contributed by atoms with Crippen LogP contribution < -0.4 is 0 Å². The minimum absolute atomic E-state index is 0.0125. The highest BCUT2D eigenvalue weighted by molar-refractivity contribution is 5.69. The molecule has 0 N–H and O–H groups in total. The van der Waals surface area contributed by atoms with E-state index in [4.69, 9.17) is 14.5 Å². The summed E-state index contributed by atoms with van der Waals surface area (Å²) in [5.41, 5.74) is 0. The Bertz CT molecular complexity index is 534. The Hall–Kier alpha value is -1.43. The van der Waals surface area contributed by atoms with Gasteiger partial charge in [-0.3, -0.25) is 4.79 Å². The third-order valence-corrected chi connectivity index (χ3v) is 5.83. The van der Waals surface area contributed by atoms with Crippen LogP contribution in [0.3, 0.4) is 0 Å². The first-order valence-corrected chi connectivity index (χ1v) is 11.7. The molecule has 0 aromatic carbocycles. The molecule has 2 fully saturated rings. The van der Waals surface area contributed by atoms with Crippen molar-refractivity contribution in [2.75, 3.05) is 7.11 Å². The smallest absolute Gasteiger partial charge is 0.308 e. The molecular formula is C25H40O5. The van der Waals surface area contributed by atoms with Gasteiger partial charge in [0.05, 0.1) is 25.7 Å². The van der Waals surface area contributed by atoms with E-state index in [0.29, 0.717) is 6.10 Å². The lowest BCUT2D eigenvalue weighted by atomic mass is 10.0. The minimum atomic E-state index is -0.258. The van der Waals surface area contributed by atoms with Gasteiger partial charge in [0.2, 0.25) is 0 Å². The van der Waals surface area contributed by atoms with Gasteiger partial charge in [0.1, 0.15) is 12.2 Å². The van der Waals surface area contributed by atoms with E-state index in [1.807, 2.05) is 6.08 Å². The second-order valence-electron chi connectivity index (χ2n) is 8.30. The summed E-state index contributed by atoms with van der Waals surface area (Å²) in [4.78, 5) is 22.3. The summed E-state index contributed by atoms with van der Waals surface area (Å²) < 4.78 is 10.9. The van der Waals surface area contributed by atoms with Crippen LogP contribution in [-0.4, -0.2) is 37.5 Å². The van der Waals surface area contributed by atoms with E-state index in [2.05, 4.69) is 35.6 Å². The molecule has 0 aromatic rings. The molecule has 4 atom stereocenters. The number of esters is 1. The molecule has 0 aliphatic carbocycles. The molecule has 2 aliphatic heterocycles. The summed E-state index contributed by atoms with van der Waals surface area (Å²) in [7, 11) is 1.39. The molecule has 0 spiro atoms. The molecule has 0 aromatic heterocycles. The molecule has 0 bridgehead atoms. The summed E-state index contributed by atoms with van der Waals surface area (Å²) in [6.45, 7) is 3.72. The number of methoxy groups -OCH3 is 1. The van der Waals surface area contributed by atoms with Crippen molar-refractivity contribution in [3.63, 3.8) is 0 Å². The number of ether oxygens (including phenoxy) is 2.